The van der Waals surface area contributed by atoms with Gasteiger partial charge in [0.2, 0.25) is 0 Å². The van der Waals surface area contributed by atoms with Gasteiger partial charge in [-0.1, -0.05) is 23.4 Å². The summed E-state index contributed by atoms with van der Waals surface area (Å²) in [5, 5.41) is 1.04. The van der Waals surface area contributed by atoms with Gasteiger partial charge in [-0.25, -0.2) is 9.37 Å². The maximum absolute atomic E-state index is 12.9. The first-order chi connectivity index (χ1) is 11.1. The fraction of sp³-hybridized carbons (Fsp3) is 0.294. The maximum Gasteiger partial charge on any atom is 0.255 e. The number of piperidine rings is 1. The summed E-state index contributed by atoms with van der Waals surface area (Å²) in [6.07, 6.45) is 4.83. The van der Waals surface area contributed by atoms with Crippen molar-refractivity contribution in [3.8, 4) is 0 Å². The Bertz CT molecular complexity index is 702. The Morgan fingerprint density at radius 2 is 1.87 bits per heavy atom. The number of amides is 1. The fourth-order valence-electron chi connectivity index (χ4n) is 2.51. The summed E-state index contributed by atoms with van der Waals surface area (Å²) in [5.41, 5.74) is 0.514. The second kappa shape index (κ2) is 7.32. The minimum absolute atomic E-state index is 0.0163. The monoisotopic (exact) mass is 350 g/mol. The summed E-state index contributed by atoms with van der Waals surface area (Å²) in [6.45, 7) is 1.59. The predicted octanol–water partition coefficient (Wildman–Crippen LogP) is 4.65. The standard InChI is InChI=1S/C17H16ClFN2OS/c18-15-10-12(17(22)21-8-2-1-3-9-21)11-20-16(15)23-14-6-4-13(19)5-7-14/h4-7,10-11H,1-3,8-9H2. The topological polar surface area (TPSA) is 33.2 Å². The zero-order valence-corrected chi connectivity index (χ0v) is 14.0. The van der Waals surface area contributed by atoms with Gasteiger partial charge in [-0.15, -0.1) is 0 Å². The number of halogens is 2. The lowest BCUT2D eigenvalue weighted by Crippen LogP contribution is -2.35. The molecule has 120 valence electrons. The van der Waals surface area contributed by atoms with Crippen LogP contribution >= 0.6 is 23.4 Å². The minimum atomic E-state index is -0.282. The molecule has 1 fully saturated rings. The second-order valence-electron chi connectivity index (χ2n) is 5.42. The first-order valence-electron chi connectivity index (χ1n) is 7.52. The Labute approximate surface area is 143 Å². The third-order valence-electron chi connectivity index (χ3n) is 3.73. The van der Waals surface area contributed by atoms with Crippen molar-refractivity contribution in [1.82, 2.24) is 9.88 Å². The predicted molar refractivity (Wildman–Crippen MR) is 89.5 cm³/mol. The SMILES string of the molecule is O=C(c1cnc(Sc2ccc(F)cc2)c(Cl)c1)N1CCCCC1. The molecule has 1 saturated heterocycles. The van der Waals surface area contributed by atoms with Gasteiger partial charge >= 0.3 is 0 Å². The summed E-state index contributed by atoms with van der Waals surface area (Å²) in [7, 11) is 0. The van der Waals surface area contributed by atoms with Crippen molar-refractivity contribution in [1.29, 1.82) is 0 Å². The molecule has 1 aliphatic rings. The largest absolute Gasteiger partial charge is 0.339 e. The van der Waals surface area contributed by atoms with E-state index >= 15 is 0 Å². The number of hydrogen-bond donors (Lipinski definition) is 0. The molecule has 1 aromatic carbocycles. The number of rotatable bonds is 3. The smallest absolute Gasteiger partial charge is 0.255 e. The van der Waals surface area contributed by atoms with E-state index in [1.54, 1.807) is 24.4 Å². The van der Waals surface area contributed by atoms with Crippen molar-refractivity contribution in [2.75, 3.05) is 13.1 Å². The van der Waals surface area contributed by atoms with Gasteiger partial charge in [-0.05, 0) is 49.6 Å². The lowest BCUT2D eigenvalue weighted by Gasteiger charge is -2.26. The highest BCUT2D eigenvalue weighted by Crippen LogP contribution is 2.32. The number of hydrogen-bond acceptors (Lipinski definition) is 3. The van der Waals surface area contributed by atoms with Crippen LogP contribution in [0.3, 0.4) is 0 Å². The molecule has 2 aromatic rings. The van der Waals surface area contributed by atoms with E-state index in [2.05, 4.69) is 4.98 Å². The average Bonchev–Trinajstić information content (AvgIpc) is 2.59. The molecule has 0 bridgehead atoms. The molecule has 0 spiro atoms. The Morgan fingerprint density at radius 3 is 2.52 bits per heavy atom. The van der Waals surface area contributed by atoms with Crippen molar-refractivity contribution in [3.05, 3.63) is 52.9 Å². The highest BCUT2D eigenvalue weighted by atomic mass is 35.5. The van der Waals surface area contributed by atoms with Gasteiger partial charge in [0.15, 0.2) is 0 Å². The van der Waals surface area contributed by atoms with Crippen LogP contribution in [0, 0.1) is 5.82 Å². The van der Waals surface area contributed by atoms with E-state index in [1.165, 1.54) is 30.3 Å². The maximum atomic E-state index is 12.9. The van der Waals surface area contributed by atoms with E-state index in [4.69, 9.17) is 11.6 Å². The molecular weight excluding hydrogens is 335 g/mol. The first kappa shape index (κ1) is 16.3. The van der Waals surface area contributed by atoms with Crippen molar-refractivity contribution >= 4 is 29.3 Å². The molecule has 6 heteroatoms. The summed E-state index contributed by atoms with van der Waals surface area (Å²) < 4.78 is 12.9. The molecule has 3 nitrogen and oxygen atoms in total. The van der Waals surface area contributed by atoms with Gasteiger partial charge in [0, 0.05) is 24.2 Å². The van der Waals surface area contributed by atoms with Crippen LogP contribution in [0.1, 0.15) is 29.6 Å². The highest BCUT2D eigenvalue weighted by Gasteiger charge is 2.19. The van der Waals surface area contributed by atoms with Crippen LogP contribution < -0.4 is 0 Å². The van der Waals surface area contributed by atoms with E-state index < -0.39 is 0 Å². The number of benzene rings is 1. The van der Waals surface area contributed by atoms with Crippen molar-refractivity contribution < 1.29 is 9.18 Å². The molecule has 1 aromatic heterocycles. The number of nitrogens with zero attached hydrogens (tertiary/aromatic N) is 2. The Balaban J connectivity index is 1.74. The van der Waals surface area contributed by atoms with E-state index in [0.29, 0.717) is 15.6 Å². The molecule has 3 rings (SSSR count). The molecule has 0 aliphatic carbocycles. The van der Waals surface area contributed by atoms with Gasteiger partial charge in [-0.2, -0.15) is 0 Å². The second-order valence-corrected chi connectivity index (χ2v) is 6.89. The normalized spacial score (nSPS) is 14.8. The quantitative estimate of drug-likeness (QED) is 0.807. The van der Waals surface area contributed by atoms with Crippen LogP contribution in [0.15, 0.2) is 46.5 Å². The number of carbonyl (C=O) groups is 1. The summed E-state index contributed by atoms with van der Waals surface area (Å²) in [5.74, 6) is -0.298. The van der Waals surface area contributed by atoms with Crippen LogP contribution in [0.2, 0.25) is 5.02 Å². The van der Waals surface area contributed by atoms with Crippen LogP contribution in [-0.4, -0.2) is 28.9 Å². The Hall–Kier alpha value is -1.59. The molecule has 1 amide bonds. The van der Waals surface area contributed by atoms with Crippen LogP contribution in [0.5, 0.6) is 0 Å². The Kier molecular flexibility index (Phi) is 5.18. The van der Waals surface area contributed by atoms with Crippen LogP contribution in [-0.2, 0) is 0 Å². The number of carbonyl (C=O) groups excluding carboxylic acids is 1. The van der Waals surface area contributed by atoms with Crippen molar-refractivity contribution in [2.45, 2.75) is 29.2 Å². The molecule has 0 N–H and O–H groups in total. The number of pyridine rings is 1. The molecule has 0 saturated carbocycles. The van der Waals surface area contributed by atoms with E-state index in [-0.39, 0.29) is 11.7 Å². The third-order valence-corrected chi connectivity index (χ3v) is 5.15. The van der Waals surface area contributed by atoms with Crippen LogP contribution in [0.4, 0.5) is 4.39 Å². The van der Waals surface area contributed by atoms with Crippen LogP contribution in [0.25, 0.3) is 0 Å². The lowest BCUT2D eigenvalue weighted by molar-refractivity contribution is 0.0724. The summed E-state index contributed by atoms with van der Waals surface area (Å²) in [6, 6.07) is 7.79. The molecular formula is C17H16ClFN2OS. The van der Waals surface area contributed by atoms with Gasteiger partial charge in [0.25, 0.3) is 5.91 Å². The molecule has 0 unspecified atom stereocenters. The molecule has 23 heavy (non-hydrogen) atoms. The van der Waals surface area contributed by atoms with Gasteiger partial charge in [0.05, 0.1) is 10.6 Å². The summed E-state index contributed by atoms with van der Waals surface area (Å²) >= 11 is 7.61. The Morgan fingerprint density at radius 1 is 1.17 bits per heavy atom. The highest BCUT2D eigenvalue weighted by molar-refractivity contribution is 7.99. The zero-order chi connectivity index (χ0) is 16.2. The van der Waals surface area contributed by atoms with Crippen molar-refractivity contribution in [3.63, 3.8) is 0 Å². The van der Waals surface area contributed by atoms with E-state index in [0.717, 1.165) is 30.8 Å². The van der Waals surface area contributed by atoms with Gasteiger partial charge in [0.1, 0.15) is 10.8 Å². The van der Waals surface area contributed by atoms with Gasteiger partial charge in [-0.3, -0.25) is 4.79 Å². The van der Waals surface area contributed by atoms with Crippen molar-refractivity contribution in [2.24, 2.45) is 0 Å². The molecule has 0 atom stereocenters. The van der Waals surface area contributed by atoms with E-state index in [1.807, 2.05) is 4.90 Å². The summed E-state index contributed by atoms with van der Waals surface area (Å²) in [4.78, 5) is 19.4. The first-order valence-corrected chi connectivity index (χ1v) is 8.71. The number of likely N-dealkylation sites (tertiary alicyclic amines) is 1. The van der Waals surface area contributed by atoms with Gasteiger partial charge < -0.3 is 4.90 Å². The minimum Gasteiger partial charge on any atom is -0.339 e. The number of aromatic nitrogens is 1. The molecule has 0 radical (unpaired) electrons. The zero-order valence-electron chi connectivity index (χ0n) is 12.5. The molecule has 2 heterocycles. The lowest BCUT2D eigenvalue weighted by atomic mass is 10.1. The van der Waals surface area contributed by atoms with E-state index in [9.17, 15) is 9.18 Å². The molecule has 1 aliphatic heterocycles. The average molecular weight is 351 g/mol. The fourth-order valence-corrected chi connectivity index (χ4v) is 3.55. The third kappa shape index (κ3) is 4.03.